The highest BCUT2D eigenvalue weighted by Gasteiger charge is 2.22. The molecule has 2 aromatic heterocycles. The summed E-state index contributed by atoms with van der Waals surface area (Å²) in [6.07, 6.45) is 1.77. The number of ether oxygens (including phenoxy) is 2. The second-order valence-electron chi connectivity index (χ2n) is 7.84. The highest BCUT2D eigenvalue weighted by molar-refractivity contribution is 7.99. The molecule has 3 heterocycles. The van der Waals surface area contributed by atoms with Crippen LogP contribution in [-0.2, 0) is 27.4 Å². The summed E-state index contributed by atoms with van der Waals surface area (Å²) in [7, 11) is 3.06. The van der Waals surface area contributed by atoms with Crippen molar-refractivity contribution in [1.29, 1.82) is 0 Å². The van der Waals surface area contributed by atoms with E-state index in [0.717, 1.165) is 18.4 Å². The fraction of sp³-hybridized carbons (Fsp3) is 0.391. The van der Waals surface area contributed by atoms with E-state index in [1.54, 1.807) is 46.1 Å². The molecular formula is C23H25N3O5S2. The van der Waals surface area contributed by atoms with Gasteiger partial charge >= 0.3 is 5.97 Å². The molecule has 1 aliphatic rings. The molecular weight excluding hydrogens is 462 g/mol. The number of rotatable bonds is 8. The molecule has 1 aliphatic heterocycles. The van der Waals surface area contributed by atoms with Gasteiger partial charge in [0.15, 0.2) is 5.16 Å². The summed E-state index contributed by atoms with van der Waals surface area (Å²) < 4.78 is 12.1. The van der Waals surface area contributed by atoms with Gasteiger partial charge < -0.3 is 14.4 Å². The lowest BCUT2D eigenvalue weighted by Crippen LogP contribution is -2.30. The number of thiophene rings is 1. The van der Waals surface area contributed by atoms with Crippen LogP contribution in [0.4, 0.5) is 0 Å². The van der Waals surface area contributed by atoms with E-state index in [-0.39, 0.29) is 23.3 Å². The summed E-state index contributed by atoms with van der Waals surface area (Å²) in [5.74, 6) is -0.421. The number of hydrogen-bond acceptors (Lipinski definition) is 8. The summed E-state index contributed by atoms with van der Waals surface area (Å²) in [5.41, 5.74) is 1.58. The average molecular weight is 488 g/mol. The van der Waals surface area contributed by atoms with E-state index in [1.165, 1.54) is 18.9 Å². The van der Waals surface area contributed by atoms with Crippen LogP contribution in [0.25, 0.3) is 10.9 Å². The van der Waals surface area contributed by atoms with Gasteiger partial charge in [0.2, 0.25) is 5.91 Å². The zero-order valence-electron chi connectivity index (χ0n) is 18.5. The Kier molecular flexibility index (Phi) is 7.46. The number of esters is 1. The van der Waals surface area contributed by atoms with E-state index >= 15 is 0 Å². The SMILES string of the molecule is COC(=O)c1ccc2c(=O)n(C[C@@H]3CCCO3)c(SCC(=O)N(C)Cc3ccsc3)nc2c1. The van der Waals surface area contributed by atoms with Gasteiger partial charge in [-0.1, -0.05) is 11.8 Å². The van der Waals surface area contributed by atoms with Crippen LogP contribution in [0.1, 0.15) is 28.8 Å². The van der Waals surface area contributed by atoms with Crippen molar-refractivity contribution in [2.24, 2.45) is 0 Å². The molecule has 8 nitrogen and oxygen atoms in total. The second-order valence-corrected chi connectivity index (χ2v) is 9.56. The van der Waals surface area contributed by atoms with Gasteiger partial charge in [0.1, 0.15) is 0 Å². The lowest BCUT2D eigenvalue weighted by molar-refractivity contribution is -0.127. The summed E-state index contributed by atoms with van der Waals surface area (Å²) in [5, 5.41) is 4.83. The molecule has 0 bridgehead atoms. The lowest BCUT2D eigenvalue weighted by atomic mass is 10.1. The summed E-state index contributed by atoms with van der Waals surface area (Å²) >= 11 is 2.81. The van der Waals surface area contributed by atoms with Gasteiger partial charge in [-0.15, -0.1) is 0 Å². The first-order chi connectivity index (χ1) is 16.0. The van der Waals surface area contributed by atoms with Crippen LogP contribution in [0.2, 0.25) is 0 Å². The summed E-state index contributed by atoms with van der Waals surface area (Å²) in [6, 6.07) is 6.69. The fourth-order valence-corrected chi connectivity index (χ4v) is 5.30. The molecule has 1 atom stereocenters. The van der Waals surface area contributed by atoms with Gasteiger partial charge in [0.25, 0.3) is 5.56 Å². The van der Waals surface area contributed by atoms with E-state index < -0.39 is 5.97 Å². The Balaban J connectivity index is 1.62. The van der Waals surface area contributed by atoms with Gasteiger partial charge in [-0.05, 0) is 53.4 Å². The van der Waals surface area contributed by atoms with Crippen molar-refractivity contribution in [3.05, 3.63) is 56.5 Å². The van der Waals surface area contributed by atoms with Gasteiger partial charge in [0.05, 0.1) is 42.0 Å². The van der Waals surface area contributed by atoms with Crippen LogP contribution < -0.4 is 5.56 Å². The van der Waals surface area contributed by atoms with Crippen molar-refractivity contribution in [3.8, 4) is 0 Å². The number of carbonyl (C=O) groups is 2. The van der Waals surface area contributed by atoms with Crippen molar-refractivity contribution < 1.29 is 19.1 Å². The van der Waals surface area contributed by atoms with E-state index in [4.69, 9.17) is 9.47 Å². The largest absolute Gasteiger partial charge is 0.465 e. The van der Waals surface area contributed by atoms with Gasteiger partial charge in [0, 0.05) is 20.2 Å². The molecule has 3 aromatic rings. The number of nitrogens with zero attached hydrogens (tertiary/aromatic N) is 3. The Morgan fingerprint density at radius 2 is 2.21 bits per heavy atom. The molecule has 1 amide bonds. The Hall–Kier alpha value is -2.69. The van der Waals surface area contributed by atoms with Gasteiger partial charge in [-0.2, -0.15) is 11.3 Å². The molecule has 33 heavy (non-hydrogen) atoms. The van der Waals surface area contributed by atoms with Crippen molar-refractivity contribution in [1.82, 2.24) is 14.5 Å². The topological polar surface area (TPSA) is 90.7 Å². The fourth-order valence-electron chi connectivity index (χ4n) is 3.69. The highest BCUT2D eigenvalue weighted by Crippen LogP contribution is 2.22. The smallest absolute Gasteiger partial charge is 0.337 e. The zero-order chi connectivity index (χ0) is 23.4. The van der Waals surface area contributed by atoms with Crippen LogP contribution in [0, 0.1) is 0 Å². The van der Waals surface area contributed by atoms with E-state index in [2.05, 4.69) is 4.98 Å². The third kappa shape index (κ3) is 5.45. The van der Waals surface area contributed by atoms with E-state index in [9.17, 15) is 14.4 Å². The molecule has 0 N–H and O–H groups in total. The minimum Gasteiger partial charge on any atom is -0.465 e. The van der Waals surface area contributed by atoms with Crippen molar-refractivity contribution in [2.45, 2.75) is 37.2 Å². The highest BCUT2D eigenvalue weighted by atomic mass is 32.2. The first kappa shape index (κ1) is 23.5. The quantitative estimate of drug-likeness (QED) is 0.274. The number of thioether (sulfide) groups is 1. The average Bonchev–Trinajstić information content (AvgIpc) is 3.53. The maximum Gasteiger partial charge on any atom is 0.337 e. The first-order valence-electron chi connectivity index (χ1n) is 10.6. The molecule has 10 heteroatoms. The van der Waals surface area contributed by atoms with Gasteiger partial charge in [-0.3, -0.25) is 14.2 Å². The Labute approximate surface area is 199 Å². The maximum absolute atomic E-state index is 13.3. The number of methoxy groups -OCH3 is 1. The molecule has 1 aromatic carbocycles. The number of aromatic nitrogens is 2. The van der Waals surface area contributed by atoms with Gasteiger partial charge in [-0.25, -0.2) is 9.78 Å². The molecule has 0 saturated carbocycles. The molecule has 174 valence electrons. The molecule has 4 rings (SSSR count). The van der Waals surface area contributed by atoms with Crippen LogP contribution in [0.3, 0.4) is 0 Å². The molecule has 1 saturated heterocycles. The third-order valence-corrected chi connectivity index (χ3v) is 7.20. The van der Waals surface area contributed by atoms with Crippen LogP contribution >= 0.6 is 23.1 Å². The zero-order valence-corrected chi connectivity index (χ0v) is 20.1. The molecule has 0 aliphatic carbocycles. The second kappa shape index (κ2) is 10.5. The number of amides is 1. The molecule has 0 unspecified atom stereocenters. The summed E-state index contributed by atoms with van der Waals surface area (Å²) in [6.45, 7) is 1.58. The number of carbonyl (C=O) groups excluding carboxylic acids is 2. The third-order valence-electron chi connectivity index (χ3n) is 5.50. The van der Waals surface area contributed by atoms with Crippen LogP contribution in [0.5, 0.6) is 0 Å². The number of hydrogen-bond donors (Lipinski definition) is 0. The normalized spacial score (nSPS) is 15.6. The van der Waals surface area contributed by atoms with Crippen molar-refractivity contribution in [2.75, 3.05) is 26.5 Å². The lowest BCUT2D eigenvalue weighted by Gasteiger charge is -2.18. The minimum atomic E-state index is -0.498. The first-order valence-corrected chi connectivity index (χ1v) is 12.5. The van der Waals surface area contributed by atoms with Crippen LogP contribution in [-0.4, -0.2) is 58.9 Å². The number of benzene rings is 1. The predicted molar refractivity (Wildman–Crippen MR) is 128 cm³/mol. The van der Waals surface area contributed by atoms with Crippen molar-refractivity contribution in [3.63, 3.8) is 0 Å². The van der Waals surface area contributed by atoms with Crippen LogP contribution in [0.15, 0.2) is 45.0 Å². The standard InChI is InChI=1S/C23H25N3O5S2/c1-25(11-15-7-9-32-13-15)20(27)14-33-23-24-19-10-16(22(29)30-2)5-6-18(19)21(28)26(23)12-17-4-3-8-31-17/h5-7,9-10,13,17H,3-4,8,11-12,14H2,1-2H3/t17-/m0/s1. The predicted octanol–water partition coefficient (Wildman–Crippen LogP) is 3.17. The molecule has 0 spiro atoms. The minimum absolute atomic E-state index is 0.0624. The summed E-state index contributed by atoms with van der Waals surface area (Å²) in [4.78, 5) is 44.3. The van der Waals surface area contributed by atoms with E-state index in [1.807, 2.05) is 16.8 Å². The maximum atomic E-state index is 13.3. The molecule has 1 fully saturated rings. The Morgan fingerprint density at radius 3 is 2.91 bits per heavy atom. The van der Waals surface area contributed by atoms with Crippen molar-refractivity contribution >= 4 is 45.9 Å². The monoisotopic (exact) mass is 487 g/mol. The molecule has 0 radical (unpaired) electrons. The Bertz CT molecular complexity index is 1200. The number of fused-ring (bicyclic) bond motifs is 1. The van der Waals surface area contributed by atoms with E-state index in [0.29, 0.717) is 41.3 Å². The Morgan fingerprint density at radius 1 is 1.36 bits per heavy atom.